The molecule has 19 heavy (non-hydrogen) atoms. The number of amides is 2. The van der Waals surface area contributed by atoms with Crippen LogP contribution in [0.2, 0.25) is 0 Å². The summed E-state index contributed by atoms with van der Waals surface area (Å²) >= 11 is 0. The summed E-state index contributed by atoms with van der Waals surface area (Å²) in [5.41, 5.74) is 0.301. The molecule has 1 aromatic rings. The van der Waals surface area contributed by atoms with Gasteiger partial charge in [-0.25, -0.2) is 4.79 Å². The number of carboxylic acid groups (broad SMARTS) is 1. The summed E-state index contributed by atoms with van der Waals surface area (Å²) in [5.74, 6) is -0.394. The molecule has 0 aromatic heterocycles. The van der Waals surface area contributed by atoms with Crippen LogP contribution in [0.3, 0.4) is 0 Å². The van der Waals surface area contributed by atoms with Gasteiger partial charge in [0, 0.05) is 25.2 Å². The maximum Gasteiger partial charge on any atom is 0.407 e. The Morgan fingerprint density at radius 3 is 2.68 bits per heavy atom. The van der Waals surface area contributed by atoms with Crippen LogP contribution in [-0.4, -0.2) is 46.6 Å². The van der Waals surface area contributed by atoms with Gasteiger partial charge in [0.2, 0.25) is 5.91 Å². The van der Waals surface area contributed by atoms with Gasteiger partial charge in [-0.1, -0.05) is 6.07 Å². The van der Waals surface area contributed by atoms with Gasteiger partial charge >= 0.3 is 6.09 Å². The number of nitro groups is 1. The van der Waals surface area contributed by atoms with Crippen molar-refractivity contribution in [3.05, 3.63) is 34.4 Å². The number of nitro benzene ring substituents is 1. The van der Waals surface area contributed by atoms with Gasteiger partial charge in [0.25, 0.3) is 5.69 Å². The second-order valence-corrected chi connectivity index (χ2v) is 4.03. The van der Waals surface area contributed by atoms with Crippen molar-refractivity contribution in [2.75, 3.05) is 24.5 Å². The monoisotopic (exact) mass is 265 g/mol. The van der Waals surface area contributed by atoms with Crippen LogP contribution in [-0.2, 0) is 4.79 Å². The van der Waals surface area contributed by atoms with Crippen LogP contribution in [0.1, 0.15) is 0 Å². The number of nitrogens with zero attached hydrogens (tertiary/aromatic N) is 3. The molecule has 1 saturated heterocycles. The van der Waals surface area contributed by atoms with Crippen molar-refractivity contribution >= 4 is 23.4 Å². The molecule has 8 heteroatoms. The fraction of sp³-hybridized carbons (Fsp3) is 0.273. The first-order valence-corrected chi connectivity index (χ1v) is 5.52. The molecule has 0 aliphatic carbocycles. The summed E-state index contributed by atoms with van der Waals surface area (Å²) in [6.45, 7) is 0.133. The van der Waals surface area contributed by atoms with Gasteiger partial charge in [0.15, 0.2) is 0 Å². The Balaban J connectivity index is 2.19. The minimum absolute atomic E-state index is 0.106. The zero-order chi connectivity index (χ0) is 14.0. The van der Waals surface area contributed by atoms with Crippen LogP contribution in [0.25, 0.3) is 0 Å². The van der Waals surface area contributed by atoms with E-state index in [2.05, 4.69) is 0 Å². The van der Waals surface area contributed by atoms with Crippen LogP contribution in [0.4, 0.5) is 16.2 Å². The highest BCUT2D eigenvalue weighted by molar-refractivity contribution is 5.97. The highest BCUT2D eigenvalue weighted by Gasteiger charge is 2.28. The standard InChI is InChI=1S/C11H11N3O5/c15-10-7-12(11(16)17)4-5-13(10)8-2-1-3-9(6-8)14(18)19/h1-3,6H,4-5,7H2,(H,16,17). The average molecular weight is 265 g/mol. The van der Waals surface area contributed by atoms with Crippen molar-refractivity contribution in [1.29, 1.82) is 0 Å². The van der Waals surface area contributed by atoms with Crippen molar-refractivity contribution in [1.82, 2.24) is 4.90 Å². The molecule has 1 aliphatic heterocycles. The van der Waals surface area contributed by atoms with E-state index in [1.807, 2.05) is 0 Å². The Morgan fingerprint density at radius 1 is 1.37 bits per heavy atom. The molecule has 1 aliphatic rings. The third kappa shape index (κ3) is 2.62. The van der Waals surface area contributed by atoms with Crippen molar-refractivity contribution in [2.24, 2.45) is 0 Å². The first-order chi connectivity index (χ1) is 8.99. The molecule has 0 bridgehead atoms. The van der Waals surface area contributed by atoms with Gasteiger partial charge < -0.3 is 10.0 Å². The largest absolute Gasteiger partial charge is 0.465 e. The second-order valence-electron chi connectivity index (χ2n) is 4.03. The van der Waals surface area contributed by atoms with E-state index < -0.39 is 16.9 Å². The first kappa shape index (κ1) is 12.8. The minimum Gasteiger partial charge on any atom is -0.465 e. The molecule has 8 nitrogen and oxygen atoms in total. The van der Waals surface area contributed by atoms with Gasteiger partial charge in [0.05, 0.1) is 10.6 Å². The Bertz CT molecular complexity index is 545. The Morgan fingerprint density at radius 2 is 2.11 bits per heavy atom. The van der Waals surface area contributed by atoms with Gasteiger partial charge in [-0.3, -0.25) is 19.8 Å². The van der Waals surface area contributed by atoms with E-state index in [0.29, 0.717) is 5.69 Å². The summed E-state index contributed by atoms with van der Waals surface area (Å²) in [6, 6.07) is 5.71. The zero-order valence-corrected chi connectivity index (χ0v) is 9.85. The number of benzene rings is 1. The normalized spacial score (nSPS) is 15.5. The van der Waals surface area contributed by atoms with Crippen molar-refractivity contribution in [3.63, 3.8) is 0 Å². The lowest BCUT2D eigenvalue weighted by atomic mass is 10.2. The number of anilines is 1. The van der Waals surface area contributed by atoms with Crippen LogP contribution >= 0.6 is 0 Å². The van der Waals surface area contributed by atoms with Crippen molar-refractivity contribution in [3.8, 4) is 0 Å². The molecular weight excluding hydrogens is 254 g/mol. The number of carbonyl (C=O) groups excluding carboxylic acids is 1. The lowest BCUT2D eigenvalue weighted by molar-refractivity contribution is -0.384. The van der Waals surface area contributed by atoms with Crippen molar-refractivity contribution in [2.45, 2.75) is 0 Å². The summed E-state index contributed by atoms with van der Waals surface area (Å²) in [5, 5.41) is 19.5. The Hall–Kier alpha value is -2.64. The molecule has 0 atom stereocenters. The SMILES string of the molecule is O=C(O)N1CCN(c2cccc([N+](=O)[O-])c2)C(=O)C1. The predicted octanol–water partition coefficient (Wildman–Crippen LogP) is 0.921. The van der Waals surface area contributed by atoms with E-state index in [0.717, 1.165) is 4.90 Å². The molecule has 1 aromatic carbocycles. The van der Waals surface area contributed by atoms with Crippen LogP contribution in [0.5, 0.6) is 0 Å². The molecule has 0 radical (unpaired) electrons. The van der Waals surface area contributed by atoms with E-state index in [1.165, 1.54) is 23.1 Å². The second kappa shape index (κ2) is 4.92. The first-order valence-electron chi connectivity index (χ1n) is 5.52. The van der Waals surface area contributed by atoms with Crippen molar-refractivity contribution < 1.29 is 19.6 Å². The van der Waals surface area contributed by atoms with E-state index in [4.69, 9.17) is 5.11 Å². The topological polar surface area (TPSA) is 104 Å². The molecule has 100 valence electrons. The van der Waals surface area contributed by atoms with Gasteiger partial charge in [0.1, 0.15) is 6.54 Å². The molecule has 2 amide bonds. The lowest BCUT2D eigenvalue weighted by Gasteiger charge is -2.32. The predicted molar refractivity (Wildman–Crippen MR) is 65.0 cm³/mol. The molecule has 0 spiro atoms. The molecule has 1 N–H and O–H groups in total. The van der Waals surface area contributed by atoms with E-state index in [1.54, 1.807) is 6.07 Å². The number of carbonyl (C=O) groups is 2. The molecule has 1 heterocycles. The maximum atomic E-state index is 11.8. The number of hydrogen-bond donors (Lipinski definition) is 1. The fourth-order valence-electron chi connectivity index (χ4n) is 1.88. The average Bonchev–Trinajstić information content (AvgIpc) is 2.38. The van der Waals surface area contributed by atoms with E-state index in [9.17, 15) is 19.7 Å². The Kier molecular flexibility index (Phi) is 3.32. The third-order valence-corrected chi connectivity index (χ3v) is 2.84. The Labute approximate surface area is 108 Å². The van der Waals surface area contributed by atoms with E-state index >= 15 is 0 Å². The van der Waals surface area contributed by atoms with Crippen LogP contribution in [0, 0.1) is 10.1 Å². The van der Waals surface area contributed by atoms with Gasteiger partial charge in [-0.15, -0.1) is 0 Å². The molecule has 1 fully saturated rings. The highest BCUT2D eigenvalue weighted by atomic mass is 16.6. The van der Waals surface area contributed by atoms with Gasteiger partial charge in [-0.05, 0) is 6.07 Å². The molecule has 2 rings (SSSR count). The maximum absolute atomic E-state index is 11.8. The van der Waals surface area contributed by atoms with Gasteiger partial charge in [-0.2, -0.15) is 0 Å². The highest BCUT2D eigenvalue weighted by Crippen LogP contribution is 2.22. The fourth-order valence-corrected chi connectivity index (χ4v) is 1.88. The summed E-state index contributed by atoms with van der Waals surface area (Å²) in [4.78, 5) is 35.1. The number of hydrogen-bond acceptors (Lipinski definition) is 4. The summed E-state index contributed by atoms with van der Waals surface area (Å²) in [7, 11) is 0. The molecular formula is C11H11N3O5. The zero-order valence-electron chi connectivity index (χ0n) is 9.85. The third-order valence-electron chi connectivity index (χ3n) is 2.84. The lowest BCUT2D eigenvalue weighted by Crippen LogP contribution is -2.52. The smallest absolute Gasteiger partial charge is 0.407 e. The summed E-state index contributed by atoms with van der Waals surface area (Å²) < 4.78 is 0. The number of non-ortho nitro benzene ring substituents is 1. The van der Waals surface area contributed by atoms with Crippen LogP contribution < -0.4 is 4.90 Å². The van der Waals surface area contributed by atoms with Crippen LogP contribution in [0.15, 0.2) is 24.3 Å². The van der Waals surface area contributed by atoms with E-state index in [-0.39, 0.29) is 25.3 Å². The minimum atomic E-state index is -1.15. The molecule has 0 unspecified atom stereocenters. The summed E-state index contributed by atoms with van der Waals surface area (Å²) in [6.07, 6.45) is -1.15. The number of piperazine rings is 1. The molecule has 0 saturated carbocycles. The number of rotatable bonds is 2. The quantitative estimate of drug-likeness (QED) is 0.632.